The first kappa shape index (κ1) is 15.7. The Balaban J connectivity index is 1.64. The molecular formula is C15H24N4O2S. The van der Waals surface area contributed by atoms with Crippen LogP contribution in [-0.2, 0) is 10.0 Å². The second-order valence-corrected chi connectivity index (χ2v) is 7.84. The van der Waals surface area contributed by atoms with E-state index in [9.17, 15) is 8.42 Å². The normalized spacial score (nSPS) is 21.4. The van der Waals surface area contributed by atoms with Gasteiger partial charge in [0.25, 0.3) is 0 Å². The number of piperidine rings is 1. The van der Waals surface area contributed by atoms with Crippen molar-refractivity contribution in [2.45, 2.75) is 30.6 Å². The number of rotatable bonds is 4. The van der Waals surface area contributed by atoms with Gasteiger partial charge in [-0.3, -0.25) is 0 Å². The largest absolute Gasteiger partial charge is 0.355 e. The number of hydrogen-bond donors (Lipinski definition) is 1. The maximum Gasteiger partial charge on any atom is 0.241 e. The lowest BCUT2D eigenvalue weighted by atomic mass is 9.96. The van der Waals surface area contributed by atoms with Crippen LogP contribution >= 0.6 is 0 Å². The van der Waals surface area contributed by atoms with Crippen molar-refractivity contribution in [1.82, 2.24) is 9.88 Å². The van der Waals surface area contributed by atoms with Crippen molar-refractivity contribution in [2.75, 3.05) is 37.6 Å². The molecule has 0 aromatic carbocycles. The van der Waals surface area contributed by atoms with Gasteiger partial charge in [-0.25, -0.2) is 18.5 Å². The van der Waals surface area contributed by atoms with E-state index in [0.29, 0.717) is 11.7 Å². The van der Waals surface area contributed by atoms with Gasteiger partial charge in [0.15, 0.2) is 0 Å². The average molecular weight is 324 g/mol. The molecule has 2 aliphatic heterocycles. The fourth-order valence-corrected chi connectivity index (χ4v) is 4.20. The van der Waals surface area contributed by atoms with Crippen LogP contribution in [0.2, 0.25) is 0 Å². The predicted octanol–water partition coefficient (Wildman–Crippen LogP) is 1.04. The Morgan fingerprint density at radius 1 is 1.18 bits per heavy atom. The lowest BCUT2D eigenvalue weighted by Crippen LogP contribution is -2.39. The highest BCUT2D eigenvalue weighted by Crippen LogP contribution is 2.27. The summed E-state index contributed by atoms with van der Waals surface area (Å²) in [6, 6.07) is 3.15. The second kappa shape index (κ2) is 6.52. The molecule has 0 aliphatic carbocycles. The Kier molecular flexibility index (Phi) is 4.65. The van der Waals surface area contributed by atoms with Gasteiger partial charge in [-0.15, -0.1) is 0 Å². The Hall–Kier alpha value is -1.18. The zero-order valence-corrected chi connectivity index (χ0v) is 13.6. The van der Waals surface area contributed by atoms with E-state index in [-0.39, 0.29) is 4.90 Å². The zero-order valence-electron chi connectivity index (χ0n) is 12.8. The number of primary sulfonamides is 1. The molecule has 1 aromatic rings. The van der Waals surface area contributed by atoms with E-state index in [1.165, 1.54) is 38.5 Å². The summed E-state index contributed by atoms with van der Waals surface area (Å²) in [5, 5.41) is 5.30. The quantitative estimate of drug-likeness (QED) is 0.895. The first-order chi connectivity index (χ1) is 10.5. The summed E-state index contributed by atoms with van der Waals surface area (Å²) < 4.78 is 23.4. The topological polar surface area (TPSA) is 79.5 Å². The maximum absolute atomic E-state index is 11.7. The number of pyridine rings is 1. The fraction of sp³-hybridized carbons (Fsp3) is 0.667. The van der Waals surface area contributed by atoms with Crippen LogP contribution in [0.25, 0.3) is 0 Å². The Morgan fingerprint density at radius 3 is 2.50 bits per heavy atom. The summed E-state index contributed by atoms with van der Waals surface area (Å²) in [5.74, 6) is 1.21. The van der Waals surface area contributed by atoms with Crippen molar-refractivity contribution >= 4 is 15.8 Å². The van der Waals surface area contributed by atoms with E-state index in [1.54, 1.807) is 12.3 Å². The van der Waals surface area contributed by atoms with Gasteiger partial charge >= 0.3 is 0 Å². The van der Waals surface area contributed by atoms with Gasteiger partial charge < -0.3 is 9.80 Å². The van der Waals surface area contributed by atoms with Crippen LogP contribution in [0.15, 0.2) is 23.2 Å². The molecule has 2 N–H and O–H groups in total. The smallest absolute Gasteiger partial charge is 0.241 e. The highest BCUT2D eigenvalue weighted by Gasteiger charge is 2.26. The standard InChI is InChI=1S/C15H24N4O2S/c16-22(20,21)14-4-3-7-17-15(14)19-10-5-13(6-11-19)12-18-8-1-2-9-18/h3-4,7,13H,1-2,5-6,8-12H2,(H2,16,20,21). The van der Waals surface area contributed by atoms with Gasteiger partial charge in [-0.05, 0) is 56.8 Å². The lowest BCUT2D eigenvalue weighted by Gasteiger charge is -2.35. The molecule has 0 unspecified atom stereocenters. The van der Waals surface area contributed by atoms with E-state index in [4.69, 9.17) is 5.14 Å². The molecule has 1 aromatic heterocycles. The summed E-state index contributed by atoms with van der Waals surface area (Å²) >= 11 is 0. The van der Waals surface area contributed by atoms with Crippen LogP contribution in [0.1, 0.15) is 25.7 Å². The minimum atomic E-state index is -3.73. The third-order valence-electron chi connectivity index (χ3n) is 4.69. The van der Waals surface area contributed by atoms with Crippen LogP contribution in [0.5, 0.6) is 0 Å². The van der Waals surface area contributed by atoms with Crippen molar-refractivity contribution in [3.05, 3.63) is 18.3 Å². The van der Waals surface area contributed by atoms with Crippen LogP contribution in [-0.4, -0.2) is 51.0 Å². The second-order valence-electron chi connectivity index (χ2n) is 6.31. The third kappa shape index (κ3) is 3.59. The SMILES string of the molecule is NS(=O)(=O)c1cccnc1N1CCC(CN2CCCC2)CC1. The van der Waals surface area contributed by atoms with Gasteiger partial charge in [0, 0.05) is 25.8 Å². The maximum atomic E-state index is 11.7. The molecule has 3 heterocycles. The summed E-state index contributed by atoms with van der Waals surface area (Å²) in [6.45, 7) is 5.33. The lowest BCUT2D eigenvalue weighted by molar-refractivity contribution is 0.249. The minimum Gasteiger partial charge on any atom is -0.355 e. The molecule has 2 saturated heterocycles. The molecule has 122 valence electrons. The van der Waals surface area contributed by atoms with Crippen LogP contribution in [0.4, 0.5) is 5.82 Å². The van der Waals surface area contributed by atoms with E-state index >= 15 is 0 Å². The van der Waals surface area contributed by atoms with Crippen molar-refractivity contribution < 1.29 is 8.42 Å². The molecule has 0 atom stereocenters. The Morgan fingerprint density at radius 2 is 1.86 bits per heavy atom. The molecule has 0 bridgehead atoms. The molecule has 2 fully saturated rings. The number of sulfonamides is 1. The minimum absolute atomic E-state index is 0.132. The Labute approximate surface area is 132 Å². The summed E-state index contributed by atoms with van der Waals surface area (Å²) in [6.07, 6.45) is 6.43. The van der Waals surface area contributed by atoms with Gasteiger partial charge in [0.2, 0.25) is 10.0 Å². The van der Waals surface area contributed by atoms with Crippen LogP contribution < -0.4 is 10.0 Å². The van der Waals surface area contributed by atoms with Gasteiger partial charge in [-0.2, -0.15) is 0 Å². The van der Waals surface area contributed by atoms with Crippen molar-refractivity contribution in [2.24, 2.45) is 11.1 Å². The molecule has 0 spiro atoms. The molecule has 0 radical (unpaired) electrons. The van der Waals surface area contributed by atoms with Crippen molar-refractivity contribution in [3.63, 3.8) is 0 Å². The number of likely N-dealkylation sites (tertiary alicyclic amines) is 1. The molecule has 2 aliphatic rings. The number of nitrogens with zero attached hydrogens (tertiary/aromatic N) is 3. The number of hydrogen-bond acceptors (Lipinski definition) is 5. The zero-order chi connectivity index (χ0) is 15.6. The van der Waals surface area contributed by atoms with Crippen molar-refractivity contribution in [3.8, 4) is 0 Å². The first-order valence-electron chi connectivity index (χ1n) is 7.99. The van der Waals surface area contributed by atoms with Crippen LogP contribution in [0.3, 0.4) is 0 Å². The predicted molar refractivity (Wildman–Crippen MR) is 86.2 cm³/mol. The van der Waals surface area contributed by atoms with Crippen LogP contribution in [0, 0.1) is 5.92 Å². The summed E-state index contributed by atoms with van der Waals surface area (Å²) in [5.41, 5.74) is 0. The van der Waals surface area contributed by atoms with E-state index in [0.717, 1.165) is 25.9 Å². The molecule has 3 rings (SSSR count). The molecule has 6 nitrogen and oxygen atoms in total. The van der Waals surface area contributed by atoms with E-state index < -0.39 is 10.0 Å². The fourth-order valence-electron chi connectivity index (χ4n) is 3.50. The average Bonchev–Trinajstić information content (AvgIpc) is 3.00. The molecular weight excluding hydrogens is 300 g/mol. The third-order valence-corrected chi connectivity index (χ3v) is 5.62. The van der Waals surface area contributed by atoms with E-state index in [1.807, 2.05) is 0 Å². The van der Waals surface area contributed by atoms with Gasteiger partial charge in [-0.1, -0.05) is 0 Å². The summed E-state index contributed by atoms with van der Waals surface area (Å²) in [4.78, 5) is 8.99. The molecule has 22 heavy (non-hydrogen) atoms. The first-order valence-corrected chi connectivity index (χ1v) is 9.54. The highest BCUT2D eigenvalue weighted by molar-refractivity contribution is 7.89. The van der Waals surface area contributed by atoms with Gasteiger partial charge in [0.1, 0.15) is 10.7 Å². The monoisotopic (exact) mass is 324 g/mol. The highest BCUT2D eigenvalue weighted by atomic mass is 32.2. The molecule has 7 heteroatoms. The Bertz CT molecular complexity index is 606. The molecule has 0 amide bonds. The molecule has 0 saturated carbocycles. The number of anilines is 1. The van der Waals surface area contributed by atoms with E-state index in [2.05, 4.69) is 14.8 Å². The number of aromatic nitrogens is 1. The number of nitrogens with two attached hydrogens (primary N) is 1. The van der Waals surface area contributed by atoms with Crippen molar-refractivity contribution in [1.29, 1.82) is 0 Å². The van der Waals surface area contributed by atoms with Gasteiger partial charge in [0.05, 0.1) is 0 Å². The summed E-state index contributed by atoms with van der Waals surface area (Å²) in [7, 11) is -3.73.